The molecule has 0 amide bonds. The molecular weight excluding hydrogens is 221 g/mol. The summed E-state index contributed by atoms with van der Waals surface area (Å²) >= 11 is 0. The minimum Gasteiger partial charge on any atom is -0.326 e. The molecule has 2 rings (SSSR count). The van der Waals surface area contributed by atoms with Gasteiger partial charge in [0.1, 0.15) is 5.82 Å². The summed E-state index contributed by atoms with van der Waals surface area (Å²) in [5, 5.41) is 0. The number of hydrogen-bond acceptors (Lipinski definition) is 3. The van der Waals surface area contributed by atoms with E-state index in [-0.39, 0.29) is 17.9 Å². The molecule has 0 radical (unpaired) electrons. The Hall–Kier alpha value is -2.01. The van der Waals surface area contributed by atoms with Crippen LogP contribution in [0.15, 0.2) is 41.6 Å². The SMILES string of the molecule is NCc1cc(Cn2cnccc2=O)ccc1F. The summed E-state index contributed by atoms with van der Waals surface area (Å²) in [6.45, 7) is 0.502. The first-order valence-corrected chi connectivity index (χ1v) is 5.18. The van der Waals surface area contributed by atoms with Crippen LogP contribution in [-0.2, 0) is 13.1 Å². The molecule has 0 aliphatic carbocycles. The van der Waals surface area contributed by atoms with Gasteiger partial charge in [0.05, 0.1) is 12.9 Å². The Bertz CT molecular complexity index is 580. The molecule has 1 heterocycles. The minimum absolute atomic E-state index is 0.140. The van der Waals surface area contributed by atoms with Crippen molar-refractivity contribution in [2.24, 2.45) is 5.73 Å². The van der Waals surface area contributed by atoms with Gasteiger partial charge in [0, 0.05) is 24.4 Å². The van der Waals surface area contributed by atoms with Crippen molar-refractivity contribution in [3.8, 4) is 0 Å². The third-order valence-corrected chi connectivity index (χ3v) is 2.48. The van der Waals surface area contributed by atoms with Crippen LogP contribution in [0, 0.1) is 5.82 Å². The molecule has 2 N–H and O–H groups in total. The van der Waals surface area contributed by atoms with Crippen LogP contribution in [0.2, 0.25) is 0 Å². The Balaban J connectivity index is 2.31. The lowest BCUT2D eigenvalue weighted by Gasteiger charge is -2.07. The van der Waals surface area contributed by atoms with Crippen molar-refractivity contribution in [3.63, 3.8) is 0 Å². The second kappa shape index (κ2) is 4.88. The zero-order chi connectivity index (χ0) is 12.3. The molecule has 1 aromatic heterocycles. The van der Waals surface area contributed by atoms with Crippen LogP contribution in [0.25, 0.3) is 0 Å². The van der Waals surface area contributed by atoms with Crippen molar-refractivity contribution in [1.29, 1.82) is 0 Å². The monoisotopic (exact) mass is 233 g/mol. The van der Waals surface area contributed by atoms with Gasteiger partial charge in [-0.2, -0.15) is 0 Å². The molecule has 0 aliphatic rings. The number of hydrogen-bond donors (Lipinski definition) is 1. The molecule has 4 nitrogen and oxygen atoms in total. The second-order valence-electron chi connectivity index (χ2n) is 3.68. The van der Waals surface area contributed by atoms with Crippen molar-refractivity contribution in [3.05, 3.63) is 64.1 Å². The molecule has 0 saturated carbocycles. The van der Waals surface area contributed by atoms with Crippen LogP contribution < -0.4 is 11.3 Å². The second-order valence-corrected chi connectivity index (χ2v) is 3.68. The first-order chi connectivity index (χ1) is 8.20. The third-order valence-electron chi connectivity index (χ3n) is 2.48. The summed E-state index contributed by atoms with van der Waals surface area (Å²) in [5.74, 6) is -0.324. The Morgan fingerprint density at radius 3 is 2.88 bits per heavy atom. The van der Waals surface area contributed by atoms with Crippen molar-refractivity contribution in [2.75, 3.05) is 0 Å². The first kappa shape index (κ1) is 11.5. The van der Waals surface area contributed by atoms with E-state index >= 15 is 0 Å². The molecule has 88 valence electrons. The van der Waals surface area contributed by atoms with Gasteiger partial charge in [-0.25, -0.2) is 9.37 Å². The molecule has 0 spiro atoms. The third kappa shape index (κ3) is 2.57. The average molecular weight is 233 g/mol. The van der Waals surface area contributed by atoms with E-state index in [1.807, 2.05) is 0 Å². The topological polar surface area (TPSA) is 60.9 Å². The van der Waals surface area contributed by atoms with E-state index in [0.717, 1.165) is 5.56 Å². The van der Waals surface area contributed by atoms with Crippen molar-refractivity contribution >= 4 is 0 Å². The van der Waals surface area contributed by atoms with Gasteiger partial charge in [0.15, 0.2) is 0 Å². The summed E-state index contributed by atoms with van der Waals surface area (Å²) in [4.78, 5) is 15.3. The number of benzene rings is 1. The molecule has 5 heteroatoms. The zero-order valence-electron chi connectivity index (χ0n) is 9.14. The molecular formula is C12H12FN3O. The van der Waals surface area contributed by atoms with Crippen LogP contribution in [0.4, 0.5) is 4.39 Å². The van der Waals surface area contributed by atoms with E-state index in [1.54, 1.807) is 12.1 Å². The van der Waals surface area contributed by atoms with Crippen molar-refractivity contribution in [1.82, 2.24) is 9.55 Å². The van der Waals surface area contributed by atoms with Gasteiger partial charge in [-0.3, -0.25) is 9.36 Å². The van der Waals surface area contributed by atoms with E-state index in [9.17, 15) is 9.18 Å². The van der Waals surface area contributed by atoms with Crippen LogP contribution in [0.3, 0.4) is 0 Å². The van der Waals surface area contributed by atoms with Gasteiger partial charge in [-0.15, -0.1) is 0 Å². The van der Waals surface area contributed by atoms with Crippen molar-refractivity contribution < 1.29 is 4.39 Å². The molecule has 0 unspecified atom stereocenters. The van der Waals surface area contributed by atoms with Crippen LogP contribution >= 0.6 is 0 Å². The molecule has 2 aromatic rings. The fourth-order valence-corrected chi connectivity index (χ4v) is 1.58. The maximum atomic E-state index is 13.2. The number of halogens is 1. The van der Waals surface area contributed by atoms with Gasteiger partial charge in [0.2, 0.25) is 0 Å². The standard InChI is InChI=1S/C12H12FN3O/c13-11-2-1-9(5-10(11)6-14)7-16-8-15-4-3-12(16)17/h1-5,8H,6-7,14H2. The maximum absolute atomic E-state index is 13.2. The molecule has 1 aromatic carbocycles. The lowest BCUT2D eigenvalue weighted by Crippen LogP contribution is -2.19. The average Bonchev–Trinajstić information content (AvgIpc) is 2.34. The number of nitrogens with zero attached hydrogens (tertiary/aromatic N) is 2. The Labute approximate surface area is 97.5 Å². The smallest absolute Gasteiger partial charge is 0.253 e. The van der Waals surface area contributed by atoms with Crippen LogP contribution in [-0.4, -0.2) is 9.55 Å². The highest BCUT2D eigenvalue weighted by atomic mass is 19.1. The van der Waals surface area contributed by atoms with Gasteiger partial charge >= 0.3 is 0 Å². The fraction of sp³-hybridized carbons (Fsp3) is 0.167. The Morgan fingerprint density at radius 2 is 2.18 bits per heavy atom. The molecule has 0 atom stereocenters. The van der Waals surface area contributed by atoms with E-state index < -0.39 is 0 Å². The quantitative estimate of drug-likeness (QED) is 0.856. The van der Waals surface area contributed by atoms with Crippen molar-refractivity contribution in [2.45, 2.75) is 13.1 Å². The number of aromatic nitrogens is 2. The molecule has 0 aliphatic heterocycles. The number of nitrogens with two attached hydrogens (primary N) is 1. The molecule has 0 bridgehead atoms. The van der Waals surface area contributed by atoms with E-state index in [0.29, 0.717) is 12.1 Å². The van der Waals surface area contributed by atoms with Gasteiger partial charge in [-0.1, -0.05) is 6.07 Å². The predicted molar refractivity (Wildman–Crippen MR) is 61.9 cm³/mol. The summed E-state index contributed by atoms with van der Waals surface area (Å²) < 4.78 is 14.7. The highest BCUT2D eigenvalue weighted by Gasteiger charge is 2.03. The predicted octanol–water partition coefficient (Wildman–Crippen LogP) is 0.889. The lowest BCUT2D eigenvalue weighted by atomic mass is 10.1. The normalized spacial score (nSPS) is 10.5. The molecule has 0 fully saturated rings. The first-order valence-electron chi connectivity index (χ1n) is 5.18. The number of rotatable bonds is 3. The highest BCUT2D eigenvalue weighted by molar-refractivity contribution is 5.25. The molecule has 0 saturated heterocycles. The van der Waals surface area contributed by atoms with Crippen LogP contribution in [0.1, 0.15) is 11.1 Å². The van der Waals surface area contributed by atoms with Gasteiger partial charge < -0.3 is 5.73 Å². The Morgan fingerprint density at radius 1 is 1.35 bits per heavy atom. The van der Waals surface area contributed by atoms with Gasteiger partial charge in [-0.05, 0) is 17.7 Å². The molecule has 17 heavy (non-hydrogen) atoms. The largest absolute Gasteiger partial charge is 0.326 e. The Kier molecular flexibility index (Phi) is 3.30. The highest BCUT2D eigenvalue weighted by Crippen LogP contribution is 2.10. The summed E-state index contributed by atoms with van der Waals surface area (Å²) in [5.41, 5.74) is 6.55. The summed E-state index contributed by atoms with van der Waals surface area (Å²) in [6.07, 6.45) is 2.89. The van der Waals surface area contributed by atoms with Gasteiger partial charge in [0.25, 0.3) is 5.56 Å². The van der Waals surface area contributed by atoms with E-state index in [1.165, 1.54) is 29.2 Å². The van der Waals surface area contributed by atoms with E-state index in [4.69, 9.17) is 5.73 Å². The fourth-order valence-electron chi connectivity index (χ4n) is 1.58. The van der Waals surface area contributed by atoms with Crippen LogP contribution in [0.5, 0.6) is 0 Å². The maximum Gasteiger partial charge on any atom is 0.253 e. The lowest BCUT2D eigenvalue weighted by molar-refractivity contribution is 0.608. The zero-order valence-corrected chi connectivity index (χ0v) is 9.14. The minimum atomic E-state index is -0.324. The van der Waals surface area contributed by atoms with E-state index in [2.05, 4.69) is 4.98 Å². The summed E-state index contributed by atoms with van der Waals surface area (Å²) in [6, 6.07) is 6.04. The summed E-state index contributed by atoms with van der Waals surface area (Å²) in [7, 11) is 0.